The van der Waals surface area contributed by atoms with Crippen molar-refractivity contribution in [3.8, 4) is 0 Å². The molecule has 0 aromatic heterocycles. The van der Waals surface area contributed by atoms with Crippen molar-refractivity contribution in [1.82, 2.24) is 0 Å². The summed E-state index contributed by atoms with van der Waals surface area (Å²) in [4.78, 5) is 14.4. The summed E-state index contributed by atoms with van der Waals surface area (Å²) < 4.78 is 0. The van der Waals surface area contributed by atoms with Crippen molar-refractivity contribution >= 4 is 23.4 Å². The van der Waals surface area contributed by atoms with Gasteiger partial charge < -0.3 is 10.0 Å². The molecule has 0 saturated heterocycles. The third-order valence-electron chi connectivity index (χ3n) is 3.03. The van der Waals surface area contributed by atoms with Gasteiger partial charge in [-0.1, -0.05) is 32.8 Å². The van der Waals surface area contributed by atoms with Gasteiger partial charge in [-0.25, -0.2) is 4.79 Å². The van der Waals surface area contributed by atoms with E-state index < -0.39 is 5.97 Å². The van der Waals surface area contributed by atoms with Gasteiger partial charge in [0.2, 0.25) is 0 Å². The van der Waals surface area contributed by atoms with Crippen LogP contribution in [0.3, 0.4) is 0 Å². The molecule has 19 heavy (non-hydrogen) atoms. The van der Waals surface area contributed by atoms with Gasteiger partial charge in [0.1, 0.15) is 0 Å². The van der Waals surface area contributed by atoms with Gasteiger partial charge in [-0.2, -0.15) is 0 Å². The third-order valence-corrected chi connectivity index (χ3v) is 3.97. The van der Waals surface area contributed by atoms with Crippen LogP contribution >= 0.6 is 11.8 Å². The Morgan fingerprint density at radius 3 is 2.63 bits per heavy atom. The first kappa shape index (κ1) is 15.9. The largest absolute Gasteiger partial charge is 0.478 e. The van der Waals surface area contributed by atoms with E-state index in [1.165, 1.54) is 12.8 Å². The third kappa shape index (κ3) is 4.46. The zero-order valence-electron chi connectivity index (χ0n) is 12.0. The average Bonchev–Trinajstić information content (AvgIpc) is 2.38. The van der Waals surface area contributed by atoms with Crippen molar-refractivity contribution in [2.45, 2.75) is 38.0 Å². The Kier molecular flexibility index (Phi) is 6.78. The van der Waals surface area contributed by atoms with E-state index in [9.17, 15) is 9.90 Å². The SMILES string of the molecule is CCCCCN(C)c1cccc(SCC)c1C(=O)O. The molecule has 0 saturated carbocycles. The number of carbonyl (C=O) groups is 1. The minimum atomic E-state index is -0.839. The zero-order chi connectivity index (χ0) is 14.3. The van der Waals surface area contributed by atoms with E-state index in [1.54, 1.807) is 11.8 Å². The Bertz CT molecular complexity index is 421. The number of aromatic carboxylic acids is 1. The van der Waals surface area contributed by atoms with Crippen molar-refractivity contribution in [3.63, 3.8) is 0 Å². The van der Waals surface area contributed by atoms with E-state index in [0.29, 0.717) is 5.56 Å². The molecule has 1 aromatic carbocycles. The quantitative estimate of drug-likeness (QED) is 0.575. The van der Waals surface area contributed by atoms with Crippen LogP contribution in [0.5, 0.6) is 0 Å². The fourth-order valence-electron chi connectivity index (χ4n) is 2.05. The molecule has 0 amide bonds. The number of hydrogen-bond donors (Lipinski definition) is 1. The minimum absolute atomic E-state index is 0.438. The summed E-state index contributed by atoms with van der Waals surface area (Å²) in [5.74, 6) is 0.0393. The van der Waals surface area contributed by atoms with Crippen molar-refractivity contribution in [2.24, 2.45) is 0 Å². The summed E-state index contributed by atoms with van der Waals surface area (Å²) in [5.41, 5.74) is 1.26. The highest BCUT2D eigenvalue weighted by atomic mass is 32.2. The second-order valence-corrected chi connectivity index (χ2v) is 5.82. The van der Waals surface area contributed by atoms with Gasteiger partial charge in [-0.3, -0.25) is 0 Å². The highest BCUT2D eigenvalue weighted by Gasteiger charge is 2.17. The summed E-state index contributed by atoms with van der Waals surface area (Å²) >= 11 is 1.58. The Balaban J connectivity index is 2.98. The lowest BCUT2D eigenvalue weighted by molar-refractivity contribution is 0.0694. The summed E-state index contributed by atoms with van der Waals surface area (Å²) in [7, 11) is 1.97. The fourth-order valence-corrected chi connectivity index (χ4v) is 2.87. The molecular weight excluding hydrogens is 258 g/mol. The van der Waals surface area contributed by atoms with Gasteiger partial charge in [-0.05, 0) is 24.3 Å². The van der Waals surface area contributed by atoms with Crippen molar-refractivity contribution in [1.29, 1.82) is 0 Å². The molecule has 1 N–H and O–H groups in total. The maximum atomic E-state index is 11.5. The van der Waals surface area contributed by atoms with E-state index in [4.69, 9.17) is 0 Å². The number of hydrogen-bond acceptors (Lipinski definition) is 3. The molecule has 0 spiro atoms. The van der Waals surface area contributed by atoms with Crippen molar-refractivity contribution < 1.29 is 9.90 Å². The van der Waals surface area contributed by atoms with E-state index in [2.05, 4.69) is 11.8 Å². The molecule has 106 valence electrons. The van der Waals surface area contributed by atoms with Crippen molar-refractivity contribution in [3.05, 3.63) is 23.8 Å². The molecule has 1 rings (SSSR count). The lowest BCUT2D eigenvalue weighted by atomic mass is 10.1. The predicted octanol–water partition coefficient (Wildman–Crippen LogP) is 4.12. The molecule has 0 bridgehead atoms. The molecule has 0 aliphatic heterocycles. The lowest BCUT2D eigenvalue weighted by Crippen LogP contribution is -2.21. The molecule has 3 nitrogen and oxygen atoms in total. The highest BCUT2D eigenvalue weighted by molar-refractivity contribution is 7.99. The second kappa shape index (κ2) is 8.10. The zero-order valence-corrected chi connectivity index (χ0v) is 12.8. The van der Waals surface area contributed by atoms with Gasteiger partial charge >= 0.3 is 5.97 Å². The van der Waals surface area contributed by atoms with Crippen LogP contribution in [0, 0.1) is 0 Å². The topological polar surface area (TPSA) is 40.5 Å². The van der Waals surface area contributed by atoms with Crippen LogP contribution in [-0.2, 0) is 0 Å². The van der Waals surface area contributed by atoms with Crippen LogP contribution in [0.15, 0.2) is 23.1 Å². The number of benzene rings is 1. The summed E-state index contributed by atoms with van der Waals surface area (Å²) in [6.07, 6.45) is 3.44. The van der Waals surface area contributed by atoms with Crippen LogP contribution in [0.2, 0.25) is 0 Å². The minimum Gasteiger partial charge on any atom is -0.478 e. The number of carboxylic acid groups (broad SMARTS) is 1. The Hall–Kier alpha value is -1.16. The first-order valence-electron chi connectivity index (χ1n) is 6.82. The first-order chi connectivity index (χ1) is 9.11. The molecule has 0 fully saturated rings. The van der Waals surface area contributed by atoms with Gasteiger partial charge in [0.25, 0.3) is 0 Å². The number of unbranched alkanes of at least 4 members (excludes halogenated alkanes) is 2. The van der Waals surface area contributed by atoms with Gasteiger partial charge in [-0.15, -0.1) is 11.8 Å². The van der Waals surface area contributed by atoms with Gasteiger partial charge in [0, 0.05) is 18.5 Å². The summed E-state index contributed by atoms with van der Waals surface area (Å²) in [6.45, 7) is 5.10. The molecule has 0 heterocycles. The van der Waals surface area contributed by atoms with E-state index in [1.807, 2.05) is 32.2 Å². The van der Waals surface area contributed by atoms with Gasteiger partial charge in [0.05, 0.1) is 11.3 Å². The maximum Gasteiger partial charge on any atom is 0.338 e. The van der Waals surface area contributed by atoms with Crippen LogP contribution < -0.4 is 4.90 Å². The Morgan fingerprint density at radius 2 is 2.05 bits per heavy atom. The predicted molar refractivity (Wildman–Crippen MR) is 82.6 cm³/mol. The monoisotopic (exact) mass is 281 g/mol. The lowest BCUT2D eigenvalue weighted by Gasteiger charge is -2.22. The van der Waals surface area contributed by atoms with Crippen LogP contribution in [0.25, 0.3) is 0 Å². The van der Waals surface area contributed by atoms with Gasteiger partial charge in [0.15, 0.2) is 0 Å². The summed E-state index contributed by atoms with van der Waals surface area (Å²) in [5, 5.41) is 9.45. The normalized spacial score (nSPS) is 10.5. The Morgan fingerprint density at radius 1 is 1.32 bits per heavy atom. The molecule has 0 radical (unpaired) electrons. The second-order valence-electron chi connectivity index (χ2n) is 4.52. The fraction of sp³-hybridized carbons (Fsp3) is 0.533. The molecule has 0 unspecified atom stereocenters. The van der Waals surface area contributed by atoms with Crippen LogP contribution in [0.1, 0.15) is 43.5 Å². The summed E-state index contributed by atoms with van der Waals surface area (Å²) in [6, 6.07) is 5.73. The molecule has 0 aliphatic carbocycles. The molecule has 0 atom stereocenters. The van der Waals surface area contributed by atoms with E-state index in [0.717, 1.165) is 29.3 Å². The standard InChI is InChI=1S/C15H23NO2S/c1-4-6-7-11-16(3)12-9-8-10-13(19-5-2)14(12)15(17)18/h8-10H,4-7,11H2,1-3H3,(H,17,18). The average molecular weight is 281 g/mol. The molecular formula is C15H23NO2S. The number of anilines is 1. The van der Waals surface area contributed by atoms with Crippen LogP contribution in [-0.4, -0.2) is 30.4 Å². The number of nitrogens with zero attached hydrogens (tertiary/aromatic N) is 1. The molecule has 0 aliphatic rings. The first-order valence-corrected chi connectivity index (χ1v) is 7.80. The molecule has 4 heteroatoms. The van der Waals surface area contributed by atoms with E-state index >= 15 is 0 Å². The van der Waals surface area contributed by atoms with Crippen LogP contribution in [0.4, 0.5) is 5.69 Å². The van der Waals surface area contributed by atoms with E-state index in [-0.39, 0.29) is 0 Å². The van der Waals surface area contributed by atoms with Crippen molar-refractivity contribution in [2.75, 3.05) is 24.2 Å². The maximum absolute atomic E-state index is 11.5. The number of carboxylic acids is 1. The smallest absolute Gasteiger partial charge is 0.338 e. The number of rotatable bonds is 8. The molecule has 1 aromatic rings. The number of thioether (sulfide) groups is 1. The Labute approximate surface area is 120 Å². The highest BCUT2D eigenvalue weighted by Crippen LogP contribution is 2.30.